The Balaban J connectivity index is 1.94. The van der Waals surface area contributed by atoms with Crippen LogP contribution in [0.3, 0.4) is 0 Å². The number of carbonyl (C=O) groups excluding carboxylic acids is 1. The van der Waals surface area contributed by atoms with Crippen molar-refractivity contribution >= 4 is 17.3 Å². The number of nitro benzene ring substituents is 1. The van der Waals surface area contributed by atoms with Gasteiger partial charge in [-0.3, -0.25) is 14.9 Å². The maximum absolute atomic E-state index is 12.8. The number of benzene rings is 2. The van der Waals surface area contributed by atoms with Crippen LogP contribution in [0.25, 0.3) is 0 Å². The zero-order valence-corrected chi connectivity index (χ0v) is 12.8. The minimum absolute atomic E-state index is 0.0162. The molecule has 0 unspecified atom stereocenters. The zero-order valence-electron chi connectivity index (χ0n) is 12.8. The molecule has 1 aliphatic heterocycles. The minimum atomic E-state index is -0.468. The van der Waals surface area contributed by atoms with Crippen LogP contribution in [0.4, 0.5) is 11.4 Å². The van der Waals surface area contributed by atoms with Gasteiger partial charge >= 0.3 is 0 Å². The Labute approximate surface area is 134 Å². The van der Waals surface area contributed by atoms with Gasteiger partial charge in [-0.1, -0.05) is 18.2 Å². The third kappa shape index (κ3) is 3.07. The molecule has 0 atom stereocenters. The second-order valence-corrected chi connectivity index (χ2v) is 5.63. The summed E-state index contributed by atoms with van der Waals surface area (Å²) in [4.78, 5) is 27.0. The number of para-hydroxylation sites is 1. The van der Waals surface area contributed by atoms with Gasteiger partial charge in [-0.05, 0) is 30.8 Å². The van der Waals surface area contributed by atoms with Gasteiger partial charge < -0.3 is 9.80 Å². The molecule has 1 amide bonds. The molecule has 0 N–H and O–H groups in total. The highest BCUT2D eigenvalue weighted by Gasteiger charge is 2.24. The molecule has 0 fully saturated rings. The third-order valence-electron chi connectivity index (χ3n) is 4.00. The molecule has 2 aromatic rings. The Hall–Kier alpha value is -2.73. The Bertz CT molecular complexity index is 743. The Kier molecular flexibility index (Phi) is 4.08. The molecule has 0 saturated carbocycles. The quantitative estimate of drug-likeness (QED) is 0.632. The minimum Gasteiger partial charge on any atom is -0.307 e. The highest BCUT2D eigenvalue weighted by molar-refractivity contribution is 6.06. The summed E-state index contributed by atoms with van der Waals surface area (Å²) in [6.07, 6.45) is 0. The molecule has 23 heavy (non-hydrogen) atoms. The number of amides is 1. The van der Waals surface area contributed by atoms with Crippen molar-refractivity contribution in [3.8, 4) is 0 Å². The summed E-state index contributed by atoms with van der Waals surface area (Å²) >= 11 is 0. The molecule has 0 bridgehead atoms. The monoisotopic (exact) mass is 311 g/mol. The van der Waals surface area contributed by atoms with E-state index in [1.807, 2.05) is 31.3 Å². The first-order valence-electron chi connectivity index (χ1n) is 7.39. The van der Waals surface area contributed by atoms with Crippen LogP contribution in [0, 0.1) is 10.1 Å². The van der Waals surface area contributed by atoms with Crippen molar-refractivity contribution in [3.05, 3.63) is 69.8 Å². The highest BCUT2D eigenvalue weighted by atomic mass is 16.6. The van der Waals surface area contributed by atoms with Crippen LogP contribution in [0.5, 0.6) is 0 Å². The number of nitro groups is 1. The average molecular weight is 311 g/mol. The van der Waals surface area contributed by atoms with E-state index in [1.165, 1.54) is 24.3 Å². The molecule has 0 spiro atoms. The lowest BCUT2D eigenvalue weighted by molar-refractivity contribution is -0.384. The van der Waals surface area contributed by atoms with Crippen LogP contribution in [-0.2, 0) is 6.54 Å². The van der Waals surface area contributed by atoms with Gasteiger partial charge in [0, 0.05) is 43.0 Å². The highest BCUT2D eigenvalue weighted by Crippen LogP contribution is 2.26. The van der Waals surface area contributed by atoms with E-state index in [-0.39, 0.29) is 11.6 Å². The summed E-state index contributed by atoms with van der Waals surface area (Å²) in [6.45, 7) is 2.15. The fourth-order valence-corrected chi connectivity index (χ4v) is 2.76. The number of rotatable bonds is 2. The van der Waals surface area contributed by atoms with Crippen LogP contribution in [0.1, 0.15) is 15.9 Å². The van der Waals surface area contributed by atoms with Crippen LogP contribution in [-0.4, -0.2) is 35.9 Å². The van der Waals surface area contributed by atoms with E-state index >= 15 is 0 Å². The molecule has 0 radical (unpaired) electrons. The summed E-state index contributed by atoms with van der Waals surface area (Å²) in [5, 5.41) is 10.7. The van der Waals surface area contributed by atoms with Crippen molar-refractivity contribution in [2.75, 3.05) is 25.0 Å². The second-order valence-electron chi connectivity index (χ2n) is 5.63. The van der Waals surface area contributed by atoms with E-state index in [0.717, 1.165) is 24.3 Å². The number of carbonyl (C=O) groups is 1. The van der Waals surface area contributed by atoms with Crippen LogP contribution < -0.4 is 4.90 Å². The first-order valence-corrected chi connectivity index (χ1v) is 7.39. The standard InChI is InChI=1S/C17H17N3O3/c1-18-10-11-19(16-5-3-2-4-14(16)12-18)17(21)13-6-8-15(9-7-13)20(22)23/h2-9H,10-12H2,1H3. The van der Waals surface area contributed by atoms with Crippen LogP contribution >= 0.6 is 0 Å². The number of hydrogen-bond donors (Lipinski definition) is 0. The van der Waals surface area contributed by atoms with Crippen molar-refractivity contribution in [2.45, 2.75) is 6.54 Å². The molecule has 0 aliphatic carbocycles. The van der Waals surface area contributed by atoms with E-state index in [1.54, 1.807) is 4.90 Å². The average Bonchev–Trinajstić information content (AvgIpc) is 2.72. The molecule has 0 aromatic heterocycles. The van der Waals surface area contributed by atoms with Crippen LogP contribution in [0.2, 0.25) is 0 Å². The first kappa shape index (κ1) is 15.2. The lowest BCUT2D eigenvalue weighted by Crippen LogP contribution is -2.35. The van der Waals surface area contributed by atoms with Gasteiger partial charge in [0.05, 0.1) is 4.92 Å². The molecule has 6 heteroatoms. The normalized spacial score (nSPS) is 14.9. The van der Waals surface area contributed by atoms with E-state index < -0.39 is 4.92 Å². The SMILES string of the molecule is CN1CCN(C(=O)c2ccc([N+](=O)[O-])cc2)c2ccccc2C1. The number of nitrogens with zero attached hydrogens (tertiary/aromatic N) is 3. The number of non-ortho nitro benzene ring substituents is 1. The van der Waals surface area contributed by atoms with Crippen LogP contribution in [0.15, 0.2) is 48.5 Å². The van der Waals surface area contributed by atoms with Gasteiger partial charge in [0.25, 0.3) is 11.6 Å². The van der Waals surface area contributed by atoms with Crippen molar-refractivity contribution in [3.63, 3.8) is 0 Å². The third-order valence-corrected chi connectivity index (χ3v) is 4.00. The maximum Gasteiger partial charge on any atom is 0.269 e. The van der Waals surface area contributed by atoms with Gasteiger partial charge in [0.1, 0.15) is 0 Å². The molecule has 3 rings (SSSR count). The molecule has 1 heterocycles. The van der Waals surface area contributed by atoms with E-state index in [9.17, 15) is 14.9 Å². The van der Waals surface area contributed by atoms with Crippen molar-refractivity contribution < 1.29 is 9.72 Å². The molecule has 2 aromatic carbocycles. The van der Waals surface area contributed by atoms with Crippen molar-refractivity contribution in [1.29, 1.82) is 0 Å². The summed E-state index contributed by atoms with van der Waals surface area (Å²) in [5.41, 5.74) is 2.44. The van der Waals surface area contributed by atoms with Gasteiger partial charge in [-0.2, -0.15) is 0 Å². The summed E-state index contributed by atoms with van der Waals surface area (Å²) in [7, 11) is 2.02. The largest absolute Gasteiger partial charge is 0.307 e. The predicted molar refractivity (Wildman–Crippen MR) is 87.5 cm³/mol. The molecule has 0 saturated heterocycles. The number of fused-ring (bicyclic) bond motifs is 1. The number of likely N-dealkylation sites (N-methyl/N-ethyl adjacent to an activating group) is 1. The predicted octanol–water partition coefficient (Wildman–Crippen LogP) is 2.69. The number of anilines is 1. The molecule has 1 aliphatic rings. The molecule has 118 valence electrons. The second kappa shape index (κ2) is 6.18. The van der Waals surface area contributed by atoms with Crippen molar-refractivity contribution in [1.82, 2.24) is 4.90 Å². The molecule has 6 nitrogen and oxygen atoms in total. The fourth-order valence-electron chi connectivity index (χ4n) is 2.76. The van der Waals surface area contributed by atoms with E-state index in [4.69, 9.17) is 0 Å². The lowest BCUT2D eigenvalue weighted by atomic mass is 10.1. The fraction of sp³-hybridized carbons (Fsp3) is 0.235. The first-order chi connectivity index (χ1) is 11.1. The Morgan fingerprint density at radius 3 is 2.48 bits per heavy atom. The molecular weight excluding hydrogens is 294 g/mol. The summed E-state index contributed by atoms with van der Waals surface area (Å²) < 4.78 is 0. The van der Waals surface area contributed by atoms with E-state index in [0.29, 0.717) is 12.1 Å². The summed E-state index contributed by atoms with van der Waals surface area (Å²) in [6, 6.07) is 13.6. The zero-order chi connectivity index (χ0) is 16.4. The van der Waals surface area contributed by atoms with E-state index in [2.05, 4.69) is 4.90 Å². The van der Waals surface area contributed by atoms with Gasteiger partial charge in [0.15, 0.2) is 0 Å². The Morgan fingerprint density at radius 2 is 1.78 bits per heavy atom. The van der Waals surface area contributed by atoms with Gasteiger partial charge in [-0.15, -0.1) is 0 Å². The lowest BCUT2D eigenvalue weighted by Gasteiger charge is -2.22. The van der Waals surface area contributed by atoms with Gasteiger partial charge in [-0.25, -0.2) is 0 Å². The number of hydrogen-bond acceptors (Lipinski definition) is 4. The topological polar surface area (TPSA) is 66.7 Å². The van der Waals surface area contributed by atoms with Crippen molar-refractivity contribution in [2.24, 2.45) is 0 Å². The van der Waals surface area contributed by atoms with Gasteiger partial charge in [0.2, 0.25) is 0 Å². The smallest absolute Gasteiger partial charge is 0.269 e. The summed E-state index contributed by atoms with van der Waals surface area (Å²) in [5.74, 6) is -0.136. The molecular formula is C17H17N3O3. The Morgan fingerprint density at radius 1 is 1.09 bits per heavy atom. The maximum atomic E-state index is 12.8.